The summed E-state index contributed by atoms with van der Waals surface area (Å²) < 4.78 is 0. The van der Waals surface area contributed by atoms with E-state index in [2.05, 4.69) is 30.5 Å². The van der Waals surface area contributed by atoms with Crippen molar-refractivity contribution < 1.29 is 0 Å². The van der Waals surface area contributed by atoms with E-state index in [0.717, 1.165) is 5.82 Å². The molecule has 14 heavy (non-hydrogen) atoms. The number of hydrogen-bond donors (Lipinski definition) is 1. The first-order valence-electron chi connectivity index (χ1n) is 4.52. The lowest BCUT2D eigenvalue weighted by molar-refractivity contribution is 0.744. The van der Waals surface area contributed by atoms with Crippen LogP contribution in [0.2, 0.25) is 0 Å². The topological polar surface area (TPSA) is 54.5 Å². The van der Waals surface area contributed by atoms with Crippen LogP contribution in [-0.4, -0.2) is 24.8 Å². The second-order valence-electron chi connectivity index (χ2n) is 3.44. The molecule has 1 aromatic rings. The van der Waals surface area contributed by atoms with E-state index in [9.17, 15) is 0 Å². The van der Waals surface area contributed by atoms with E-state index in [1.165, 1.54) is 0 Å². The van der Waals surface area contributed by atoms with Crippen molar-refractivity contribution in [2.75, 3.05) is 17.7 Å². The van der Waals surface area contributed by atoms with E-state index in [0.29, 0.717) is 17.4 Å². The molecule has 4 nitrogen and oxygen atoms in total. The van der Waals surface area contributed by atoms with Crippen LogP contribution in [-0.2, 0) is 0 Å². The molecule has 1 rings (SSSR count). The summed E-state index contributed by atoms with van der Waals surface area (Å²) in [6.07, 6.45) is 1.68. The summed E-state index contributed by atoms with van der Waals surface area (Å²) >= 11 is 0. The fraction of sp³-hybridized carbons (Fsp3) is 0.400. The van der Waals surface area contributed by atoms with Crippen molar-refractivity contribution in [2.24, 2.45) is 4.99 Å². The maximum atomic E-state index is 5.77. The Morgan fingerprint density at radius 3 is 2.71 bits per heavy atom. The molecule has 1 heterocycles. The molecule has 76 valence electrons. The lowest BCUT2D eigenvalue weighted by Gasteiger charge is -2.24. The smallest absolute Gasteiger partial charge is 0.156 e. The first kappa shape index (κ1) is 10.5. The highest BCUT2D eigenvalue weighted by atomic mass is 15.2. The Balaban J connectivity index is 3.20. The highest BCUT2D eigenvalue weighted by Gasteiger charge is 2.12. The van der Waals surface area contributed by atoms with Crippen LogP contribution in [0, 0.1) is 0 Å². The third-order valence-electron chi connectivity index (χ3n) is 2.20. The van der Waals surface area contributed by atoms with Crippen LogP contribution >= 0.6 is 0 Å². The molecule has 0 radical (unpaired) electrons. The molecule has 0 unspecified atom stereocenters. The number of nitrogens with zero attached hydrogens (tertiary/aromatic N) is 3. The molecule has 4 heteroatoms. The molecule has 2 N–H and O–H groups in total. The third kappa shape index (κ3) is 1.84. The van der Waals surface area contributed by atoms with Gasteiger partial charge in [-0.25, -0.2) is 4.98 Å². The average molecular weight is 192 g/mol. The fourth-order valence-corrected chi connectivity index (χ4v) is 1.12. The van der Waals surface area contributed by atoms with Crippen LogP contribution in [0.3, 0.4) is 0 Å². The number of nitrogens with two attached hydrogens (primary N) is 1. The summed E-state index contributed by atoms with van der Waals surface area (Å²) in [5.74, 6) is 0.773. The van der Waals surface area contributed by atoms with E-state index in [-0.39, 0.29) is 0 Å². The zero-order valence-corrected chi connectivity index (χ0v) is 8.86. The van der Waals surface area contributed by atoms with Gasteiger partial charge in [-0.2, -0.15) is 0 Å². The largest absolute Gasteiger partial charge is 0.397 e. The molecule has 0 bridgehead atoms. The highest BCUT2D eigenvalue weighted by Crippen LogP contribution is 2.31. The number of aromatic nitrogens is 1. The Labute approximate surface area is 84.5 Å². The van der Waals surface area contributed by atoms with Crippen molar-refractivity contribution in [1.82, 2.24) is 4.98 Å². The standard InChI is InChI=1S/C10H16N4/c1-7(2)14(4)10-9(12-3)8(11)5-6-13-10/h5-7H,3H2,1-2,4H3,(H2,11,13). The van der Waals surface area contributed by atoms with E-state index in [1.807, 2.05) is 11.9 Å². The van der Waals surface area contributed by atoms with Crippen LogP contribution < -0.4 is 10.6 Å². The van der Waals surface area contributed by atoms with Gasteiger partial charge in [-0.1, -0.05) is 0 Å². The van der Waals surface area contributed by atoms with Gasteiger partial charge >= 0.3 is 0 Å². The van der Waals surface area contributed by atoms with E-state index < -0.39 is 0 Å². The second kappa shape index (κ2) is 4.09. The van der Waals surface area contributed by atoms with Crippen molar-refractivity contribution in [2.45, 2.75) is 19.9 Å². The van der Waals surface area contributed by atoms with Gasteiger partial charge in [-0.05, 0) is 26.6 Å². The minimum absolute atomic E-state index is 0.352. The molecule has 0 aromatic carbocycles. The van der Waals surface area contributed by atoms with Gasteiger partial charge in [0.1, 0.15) is 5.69 Å². The Morgan fingerprint density at radius 2 is 2.21 bits per heavy atom. The summed E-state index contributed by atoms with van der Waals surface area (Å²) in [4.78, 5) is 10.2. The lowest BCUT2D eigenvalue weighted by Crippen LogP contribution is -2.26. The molecule has 0 aliphatic rings. The second-order valence-corrected chi connectivity index (χ2v) is 3.44. The molecule has 0 aliphatic heterocycles. The minimum atomic E-state index is 0.352. The molecule has 0 amide bonds. The van der Waals surface area contributed by atoms with Crippen LogP contribution in [0.4, 0.5) is 17.2 Å². The normalized spacial score (nSPS) is 10.3. The SMILES string of the molecule is C=Nc1c(N)ccnc1N(C)C(C)C. The summed E-state index contributed by atoms with van der Waals surface area (Å²) in [5.41, 5.74) is 7.03. The van der Waals surface area contributed by atoms with E-state index in [1.54, 1.807) is 12.3 Å². The number of nitrogen functional groups attached to an aromatic ring is 1. The van der Waals surface area contributed by atoms with Gasteiger partial charge in [0.05, 0.1) is 5.69 Å². The van der Waals surface area contributed by atoms with Crippen molar-refractivity contribution in [3.63, 3.8) is 0 Å². The van der Waals surface area contributed by atoms with Crippen LogP contribution in [0.25, 0.3) is 0 Å². The van der Waals surface area contributed by atoms with Gasteiger partial charge in [-0.3, -0.25) is 4.99 Å². The summed E-state index contributed by atoms with van der Waals surface area (Å²) in [6.45, 7) is 7.66. The first-order chi connectivity index (χ1) is 6.57. The average Bonchev–Trinajstić information content (AvgIpc) is 2.16. The van der Waals surface area contributed by atoms with Gasteiger partial charge in [-0.15, -0.1) is 0 Å². The van der Waals surface area contributed by atoms with Gasteiger partial charge < -0.3 is 10.6 Å². The van der Waals surface area contributed by atoms with Gasteiger partial charge in [0, 0.05) is 19.3 Å². The van der Waals surface area contributed by atoms with Crippen LogP contribution in [0.5, 0.6) is 0 Å². The van der Waals surface area contributed by atoms with E-state index in [4.69, 9.17) is 5.73 Å². The zero-order chi connectivity index (χ0) is 10.7. The molecule has 0 atom stereocenters. The summed E-state index contributed by atoms with van der Waals surface area (Å²) in [7, 11) is 1.96. The minimum Gasteiger partial charge on any atom is -0.397 e. The predicted octanol–water partition coefficient (Wildman–Crippen LogP) is 1.84. The number of hydrogen-bond acceptors (Lipinski definition) is 4. The zero-order valence-electron chi connectivity index (χ0n) is 8.86. The summed E-state index contributed by atoms with van der Waals surface area (Å²) in [5, 5.41) is 0. The molecular weight excluding hydrogens is 176 g/mol. The molecule has 0 aliphatic carbocycles. The molecule has 0 spiro atoms. The van der Waals surface area contributed by atoms with Gasteiger partial charge in [0.25, 0.3) is 0 Å². The number of anilines is 2. The monoisotopic (exact) mass is 192 g/mol. The van der Waals surface area contributed by atoms with Gasteiger partial charge in [0.2, 0.25) is 0 Å². The Bertz CT molecular complexity index is 333. The Kier molecular flexibility index (Phi) is 3.06. The summed E-state index contributed by atoms with van der Waals surface area (Å²) in [6, 6.07) is 2.08. The molecule has 1 aromatic heterocycles. The Morgan fingerprint density at radius 1 is 1.57 bits per heavy atom. The molecule has 0 saturated carbocycles. The lowest BCUT2D eigenvalue weighted by atomic mass is 10.3. The van der Waals surface area contributed by atoms with E-state index >= 15 is 0 Å². The van der Waals surface area contributed by atoms with Crippen molar-refractivity contribution in [3.8, 4) is 0 Å². The maximum Gasteiger partial charge on any atom is 0.156 e. The quantitative estimate of drug-likeness (QED) is 0.743. The van der Waals surface area contributed by atoms with Crippen molar-refractivity contribution in [3.05, 3.63) is 12.3 Å². The number of aliphatic imine (C=N–C) groups is 1. The predicted molar refractivity (Wildman–Crippen MR) is 61.4 cm³/mol. The Hall–Kier alpha value is -1.58. The van der Waals surface area contributed by atoms with Crippen molar-refractivity contribution in [1.29, 1.82) is 0 Å². The molecule has 0 saturated heterocycles. The van der Waals surface area contributed by atoms with Crippen molar-refractivity contribution >= 4 is 23.9 Å². The fourth-order valence-electron chi connectivity index (χ4n) is 1.12. The van der Waals surface area contributed by atoms with Crippen LogP contribution in [0.1, 0.15) is 13.8 Å². The highest BCUT2D eigenvalue weighted by molar-refractivity contribution is 5.77. The van der Waals surface area contributed by atoms with Gasteiger partial charge in [0.15, 0.2) is 5.82 Å². The maximum absolute atomic E-state index is 5.77. The first-order valence-corrected chi connectivity index (χ1v) is 4.52. The van der Waals surface area contributed by atoms with Crippen LogP contribution in [0.15, 0.2) is 17.3 Å². The molecular formula is C10H16N4. The third-order valence-corrected chi connectivity index (χ3v) is 2.20. The number of rotatable bonds is 3. The molecule has 0 fully saturated rings. The number of pyridine rings is 1.